The molecule has 0 aliphatic heterocycles. The molecule has 4 rings (SSSR count). The Morgan fingerprint density at radius 1 is 1.26 bits per heavy atom. The van der Waals surface area contributed by atoms with Crippen molar-refractivity contribution >= 4 is 45.7 Å². The minimum atomic E-state index is -0.166. The van der Waals surface area contributed by atoms with E-state index in [1.165, 1.54) is 4.88 Å². The zero-order chi connectivity index (χ0) is 25.0. The fraction of sp³-hybridized carbons (Fsp3) is 0.321. The van der Waals surface area contributed by atoms with Crippen molar-refractivity contribution in [1.82, 2.24) is 0 Å². The summed E-state index contributed by atoms with van der Waals surface area (Å²) in [7, 11) is 0. The molecule has 1 aliphatic carbocycles. The third-order valence-corrected chi connectivity index (χ3v) is 7.75. The van der Waals surface area contributed by atoms with Crippen LogP contribution in [0.15, 0.2) is 53.5 Å². The first-order valence-electron chi connectivity index (χ1n) is 11.6. The number of fused-ring (bicyclic) bond motifs is 1. The number of halogens is 1. The van der Waals surface area contributed by atoms with E-state index < -0.39 is 0 Å². The number of rotatable bonds is 6. The van der Waals surface area contributed by atoms with Gasteiger partial charge in [-0.15, -0.1) is 11.3 Å². The molecule has 5 nitrogen and oxygen atoms in total. The fourth-order valence-electron chi connectivity index (χ4n) is 4.32. The number of thiophene rings is 1. The second-order valence-corrected chi connectivity index (χ2v) is 11.2. The van der Waals surface area contributed by atoms with Crippen molar-refractivity contribution in [1.29, 1.82) is 5.26 Å². The Balaban J connectivity index is 1.70. The van der Waals surface area contributed by atoms with Crippen LogP contribution in [-0.2, 0) is 12.8 Å². The molecule has 35 heavy (non-hydrogen) atoms. The molecule has 0 radical (unpaired) electrons. The lowest BCUT2D eigenvalue weighted by molar-refractivity contribution is 0.102. The van der Waals surface area contributed by atoms with Crippen LogP contribution in [-0.4, -0.2) is 18.7 Å². The highest BCUT2D eigenvalue weighted by Crippen LogP contribution is 2.45. The Kier molecular flexibility index (Phi) is 7.59. The molecule has 7 heteroatoms. The van der Waals surface area contributed by atoms with Crippen molar-refractivity contribution in [3.05, 3.63) is 75.1 Å². The summed E-state index contributed by atoms with van der Waals surface area (Å²) in [5.74, 6) is 0.969. The molecule has 1 aromatic heterocycles. The van der Waals surface area contributed by atoms with Crippen molar-refractivity contribution in [3.63, 3.8) is 0 Å². The van der Waals surface area contributed by atoms with Gasteiger partial charge in [0.05, 0.1) is 5.56 Å². The summed E-state index contributed by atoms with van der Waals surface area (Å²) in [5, 5.41) is 13.2. The van der Waals surface area contributed by atoms with E-state index in [1.807, 2.05) is 24.3 Å². The Labute approximate surface area is 215 Å². The first kappa shape index (κ1) is 25.0. The van der Waals surface area contributed by atoms with Crippen molar-refractivity contribution in [2.24, 2.45) is 16.3 Å². The van der Waals surface area contributed by atoms with Gasteiger partial charge in [-0.3, -0.25) is 4.79 Å². The lowest BCUT2D eigenvalue weighted by atomic mass is 9.72. The van der Waals surface area contributed by atoms with E-state index in [2.05, 4.69) is 26.1 Å². The van der Waals surface area contributed by atoms with Gasteiger partial charge < -0.3 is 10.1 Å². The number of ether oxygens (including phenoxy) is 1. The number of nitrogens with one attached hydrogen (secondary N) is 1. The lowest BCUT2D eigenvalue weighted by Crippen LogP contribution is -2.27. The van der Waals surface area contributed by atoms with Crippen LogP contribution in [0.5, 0.6) is 5.75 Å². The molecule has 1 N–H and O–H groups in total. The number of nitrogens with zero attached hydrogens (tertiary/aromatic N) is 2. The molecular formula is C28H28ClN3O2S. The van der Waals surface area contributed by atoms with Crippen LogP contribution in [0.1, 0.15) is 53.6 Å². The van der Waals surface area contributed by atoms with Gasteiger partial charge >= 0.3 is 0 Å². The van der Waals surface area contributed by atoms with Gasteiger partial charge in [0.2, 0.25) is 0 Å². The molecule has 0 saturated heterocycles. The van der Waals surface area contributed by atoms with Gasteiger partial charge in [0, 0.05) is 27.4 Å². The average molecular weight is 506 g/mol. The van der Waals surface area contributed by atoms with Crippen molar-refractivity contribution in [2.45, 2.75) is 40.0 Å². The van der Waals surface area contributed by atoms with Crippen LogP contribution in [0.25, 0.3) is 0 Å². The molecule has 0 unspecified atom stereocenters. The summed E-state index contributed by atoms with van der Waals surface area (Å²) in [6, 6.07) is 16.5. The van der Waals surface area contributed by atoms with Crippen LogP contribution in [0, 0.1) is 22.7 Å². The summed E-state index contributed by atoms with van der Waals surface area (Å²) < 4.78 is 5.53. The maximum atomic E-state index is 13.5. The second kappa shape index (κ2) is 10.6. The van der Waals surface area contributed by atoms with Crippen LogP contribution in [0.3, 0.4) is 0 Å². The monoisotopic (exact) mass is 505 g/mol. The Morgan fingerprint density at radius 2 is 2.00 bits per heavy atom. The first-order valence-corrected chi connectivity index (χ1v) is 12.8. The highest BCUT2D eigenvalue weighted by Gasteiger charge is 2.33. The molecule has 1 aliphatic rings. The van der Waals surface area contributed by atoms with E-state index in [0.29, 0.717) is 32.9 Å². The summed E-state index contributed by atoms with van der Waals surface area (Å²) in [6.45, 7) is 6.80. The number of anilines is 1. The van der Waals surface area contributed by atoms with E-state index >= 15 is 0 Å². The van der Waals surface area contributed by atoms with E-state index in [1.54, 1.807) is 47.9 Å². The average Bonchev–Trinajstić information content (AvgIpc) is 3.20. The summed E-state index contributed by atoms with van der Waals surface area (Å²) in [5.41, 5.74) is 3.38. The van der Waals surface area contributed by atoms with E-state index in [4.69, 9.17) is 26.6 Å². The van der Waals surface area contributed by atoms with Gasteiger partial charge in [-0.25, -0.2) is 4.99 Å². The largest absolute Gasteiger partial charge is 0.478 e. The second-order valence-electron chi connectivity index (χ2n) is 9.69. The number of carbonyl (C=O) groups excluding carboxylic acids is 1. The van der Waals surface area contributed by atoms with E-state index in [0.717, 1.165) is 30.4 Å². The standard InChI is InChI=1S/C28H28ClN3O2S/c1-28(2,3)19-8-13-22-24(16-19)35-27(25(22)26(33)32-21-11-9-20(29)10-12-21)31-17-18-6-4-5-7-23(18)34-15-14-30/h4-7,9-12,17,19H,8,13,15-16H2,1-3H3,(H,32,33)/t19-/m0/s1. The van der Waals surface area contributed by atoms with Gasteiger partial charge in [-0.2, -0.15) is 5.26 Å². The van der Waals surface area contributed by atoms with Crippen LogP contribution < -0.4 is 10.1 Å². The summed E-state index contributed by atoms with van der Waals surface area (Å²) in [6.07, 6.45) is 4.56. The van der Waals surface area contributed by atoms with Gasteiger partial charge in [0.15, 0.2) is 6.61 Å². The molecule has 180 valence electrons. The number of nitriles is 1. The maximum absolute atomic E-state index is 13.5. The molecule has 0 saturated carbocycles. The van der Waals surface area contributed by atoms with Gasteiger partial charge in [-0.05, 0) is 72.6 Å². The SMILES string of the molecule is CC(C)(C)[C@H]1CCc2c(sc(N=Cc3ccccc3OCC#N)c2C(=O)Nc2ccc(Cl)cc2)C1. The summed E-state index contributed by atoms with van der Waals surface area (Å²) >= 11 is 7.60. The quantitative estimate of drug-likeness (QED) is 0.353. The Hall–Kier alpha value is -3.14. The van der Waals surface area contributed by atoms with Gasteiger partial charge in [-0.1, -0.05) is 44.5 Å². The number of hydrogen-bond acceptors (Lipinski definition) is 5. The van der Waals surface area contributed by atoms with Crippen molar-refractivity contribution < 1.29 is 9.53 Å². The molecule has 3 aromatic rings. The number of benzene rings is 2. The minimum absolute atomic E-state index is 0.0406. The third-order valence-electron chi connectivity index (χ3n) is 6.33. The number of hydrogen-bond donors (Lipinski definition) is 1. The van der Waals surface area contributed by atoms with E-state index in [-0.39, 0.29) is 17.9 Å². The van der Waals surface area contributed by atoms with Gasteiger partial charge in [0.1, 0.15) is 16.8 Å². The van der Waals surface area contributed by atoms with E-state index in [9.17, 15) is 4.79 Å². The number of aliphatic imine (C=N–C) groups is 1. The van der Waals surface area contributed by atoms with Crippen molar-refractivity contribution in [2.75, 3.05) is 11.9 Å². The Bertz CT molecular complexity index is 1280. The molecule has 1 heterocycles. The molecule has 0 bridgehead atoms. The smallest absolute Gasteiger partial charge is 0.259 e. The summed E-state index contributed by atoms with van der Waals surface area (Å²) in [4.78, 5) is 19.5. The highest BCUT2D eigenvalue weighted by atomic mass is 35.5. The first-order chi connectivity index (χ1) is 16.8. The fourth-order valence-corrected chi connectivity index (χ4v) is 5.71. The van der Waals surface area contributed by atoms with Gasteiger partial charge in [0.25, 0.3) is 5.91 Å². The highest BCUT2D eigenvalue weighted by molar-refractivity contribution is 7.16. The molecule has 2 aromatic carbocycles. The molecule has 0 fully saturated rings. The third kappa shape index (κ3) is 5.93. The van der Waals surface area contributed by atoms with Crippen molar-refractivity contribution in [3.8, 4) is 11.8 Å². The van der Waals surface area contributed by atoms with Crippen LogP contribution in [0.2, 0.25) is 5.02 Å². The topological polar surface area (TPSA) is 74.5 Å². The predicted octanol–water partition coefficient (Wildman–Crippen LogP) is 7.46. The lowest BCUT2D eigenvalue weighted by Gasteiger charge is -2.33. The Morgan fingerprint density at radius 3 is 2.71 bits per heavy atom. The molecule has 1 atom stereocenters. The predicted molar refractivity (Wildman–Crippen MR) is 143 cm³/mol. The zero-order valence-electron chi connectivity index (χ0n) is 20.1. The van der Waals surface area contributed by atoms with Crippen LogP contribution >= 0.6 is 22.9 Å². The molecule has 1 amide bonds. The zero-order valence-corrected chi connectivity index (χ0v) is 21.7. The minimum Gasteiger partial charge on any atom is -0.478 e. The molecular weight excluding hydrogens is 478 g/mol. The number of carbonyl (C=O) groups is 1. The number of amides is 1. The maximum Gasteiger partial charge on any atom is 0.259 e. The normalized spacial score (nSPS) is 15.5. The number of para-hydroxylation sites is 1. The molecule has 0 spiro atoms. The van der Waals surface area contributed by atoms with Crippen LogP contribution in [0.4, 0.5) is 10.7 Å².